The van der Waals surface area contributed by atoms with Gasteiger partial charge in [0, 0.05) is 10.3 Å². The van der Waals surface area contributed by atoms with Crippen molar-refractivity contribution in [3.8, 4) is 5.75 Å². The summed E-state index contributed by atoms with van der Waals surface area (Å²) in [5.74, 6) is 0.121. The number of carbonyl (C=O) groups is 1. The quantitative estimate of drug-likeness (QED) is 0.702. The summed E-state index contributed by atoms with van der Waals surface area (Å²) in [4.78, 5) is 21.8. The Morgan fingerprint density at radius 1 is 1.24 bits per heavy atom. The summed E-state index contributed by atoms with van der Waals surface area (Å²) in [5.41, 5.74) is 1.61. The number of aryl methyl sites for hydroxylation is 2. The molecule has 0 unspecified atom stereocenters. The number of amides is 1. The number of benzene rings is 1. The topological polar surface area (TPSA) is 64.1 Å². The molecular weight excluding hydrogens is 361 g/mol. The largest absolute Gasteiger partial charge is 0.486 e. The highest BCUT2D eigenvalue weighted by Crippen LogP contribution is 2.21. The third kappa shape index (κ3) is 4.83. The lowest BCUT2D eigenvalue weighted by Gasteiger charge is -2.03. The smallest absolute Gasteiger partial charge is 0.232 e. The molecule has 2 heterocycles. The molecule has 3 rings (SSSR count). The van der Waals surface area contributed by atoms with E-state index in [-0.39, 0.29) is 24.8 Å². The SMILES string of the molecule is Cc1nc(NC(=O)Cc2csc(COc3ccc(F)cc3)n2)sc1C. The fourth-order valence-electron chi connectivity index (χ4n) is 2.03. The molecule has 0 saturated carbocycles. The number of anilines is 1. The molecule has 130 valence electrons. The molecule has 0 spiro atoms. The van der Waals surface area contributed by atoms with Crippen LogP contribution in [0.1, 0.15) is 21.3 Å². The third-order valence-corrected chi connectivity index (χ3v) is 5.25. The highest BCUT2D eigenvalue weighted by Gasteiger charge is 2.11. The van der Waals surface area contributed by atoms with E-state index in [2.05, 4.69) is 15.3 Å². The van der Waals surface area contributed by atoms with Crippen molar-refractivity contribution in [3.05, 3.63) is 56.7 Å². The Morgan fingerprint density at radius 2 is 2.00 bits per heavy atom. The van der Waals surface area contributed by atoms with Crippen LogP contribution >= 0.6 is 22.7 Å². The van der Waals surface area contributed by atoms with Crippen LogP contribution in [0.4, 0.5) is 9.52 Å². The zero-order valence-electron chi connectivity index (χ0n) is 13.7. The van der Waals surface area contributed by atoms with E-state index >= 15 is 0 Å². The van der Waals surface area contributed by atoms with Gasteiger partial charge in [-0.2, -0.15) is 0 Å². The van der Waals surface area contributed by atoms with Gasteiger partial charge in [-0.05, 0) is 38.1 Å². The highest BCUT2D eigenvalue weighted by molar-refractivity contribution is 7.15. The lowest BCUT2D eigenvalue weighted by Crippen LogP contribution is -2.14. The van der Waals surface area contributed by atoms with Gasteiger partial charge in [-0.25, -0.2) is 14.4 Å². The first-order valence-corrected chi connectivity index (χ1v) is 9.25. The minimum absolute atomic E-state index is 0.148. The summed E-state index contributed by atoms with van der Waals surface area (Å²) in [6.07, 6.45) is 0.185. The van der Waals surface area contributed by atoms with E-state index in [1.54, 1.807) is 12.1 Å². The molecule has 5 nitrogen and oxygen atoms in total. The minimum atomic E-state index is -0.305. The van der Waals surface area contributed by atoms with E-state index in [0.717, 1.165) is 15.6 Å². The molecule has 0 aliphatic heterocycles. The van der Waals surface area contributed by atoms with Gasteiger partial charge in [0.1, 0.15) is 23.2 Å². The molecule has 0 atom stereocenters. The van der Waals surface area contributed by atoms with E-state index in [1.165, 1.54) is 34.8 Å². The van der Waals surface area contributed by atoms with Gasteiger partial charge >= 0.3 is 0 Å². The van der Waals surface area contributed by atoms with Crippen LogP contribution in [-0.4, -0.2) is 15.9 Å². The number of carbonyl (C=O) groups excluding carboxylic acids is 1. The number of nitrogens with one attached hydrogen (secondary N) is 1. The molecule has 0 bridgehead atoms. The molecule has 1 N–H and O–H groups in total. The minimum Gasteiger partial charge on any atom is -0.486 e. The number of hydrogen-bond acceptors (Lipinski definition) is 6. The number of nitrogens with zero attached hydrogens (tertiary/aromatic N) is 2. The number of rotatable bonds is 6. The van der Waals surface area contributed by atoms with Crippen molar-refractivity contribution in [1.29, 1.82) is 0 Å². The van der Waals surface area contributed by atoms with Gasteiger partial charge in [0.15, 0.2) is 5.13 Å². The molecule has 2 aromatic heterocycles. The van der Waals surface area contributed by atoms with E-state index in [0.29, 0.717) is 16.6 Å². The lowest BCUT2D eigenvalue weighted by atomic mass is 10.3. The van der Waals surface area contributed by atoms with Crippen LogP contribution in [-0.2, 0) is 17.8 Å². The van der Waals surface area contributed by atoms with Gasteiger partial charge in [-0.1, -0.05) is 0 Å². The van der Waals surface area contributed by atoms with Crippen LogP contribution in [0.3, 0.4) is 0 Å². The zero-order chi connectivity index (χ0) is 17.8. The van der Waals surface area contributed by atoms with Gasteiger partial charge in [0.25, 0.3) is 0 Å². The predicted octanol–water partition coefficient (Wildman–Crippen LogP) is 4.12. The number of halogens is 1. The molecule has 1 amide bonds. The lowest BCUT2D eigenvalue weighted by molar-refractivity contribution is -0.115. The van der Waals surface area contributed by atoms with Crippen LogP contribution in [0.15, 0.2) is 29.6 Å². The maximum absolute atomic E-state index is 12.8. The van der Waals surface area contributed by atoms with Gasteiger partial charge < -0.3 is 10.1 Å². The standard InChI is InChI=1S/C17H16FN3O2S2/c1-10-11(2)25-17(19-10)21-15(22)7-13-9-24-16(20-13)8-23-14-5-3-12(18)4-6-14/h3-6,9H,7-8H2,1-2H3,(H,19,21,22). The average molecular weight is 377 g/mol. The molecule has 0 saturated heterocycles. The Labute approximate surface area is 152 Å². The van der Waals surface area contributed by atoms with Crippen molar-refractivity contribution in [2.24, 2.45) is 0 Å². The molecule has 0 aliphatic rings. The summed E-state index contributed by atoms with van der Waals surface area (Å²) < 4.78 is 18.4. The third-order valence-electron chi connectivity index (χ3n) is 3.39. The number of thiazole rings is 2. The van der Waals surface area contributed by atoms with Crippen molar-refractivity contribution in [1.82, 2.24) is 9.97 Å². The molecule has 0 aliphatic carbocycles. The van der Waals surface area contributed by atoms with Crippen LogP contribution in [0.2, 0.25) is 0 Å². The first kappa shape index (κ1) is 17.5. The number of aromatic nitrogens is 2. The molecule has 1 aromatic carbocycles. The molecule has 0 radical (unpaired) electrons. The highest BCUT2D eigenvalue weighted by atomic mass is 32.1. The maximum atomic E-state index is 12.8. The van der Waals surface area contributed by atoms with Crippen molar-refractivity contribution in [2.75, 3.05) is 5.32 Å². The second-order valence-corrected chi connectivity index (χ2v) is 7.51. The normalized spacial score (nSPS) is 10.7. The first-order chi connectivity index (χ1) is 12.0. The van der Waals surface area contributed by atoms with Crippen molar-refractivity contribution in [2.45, 2.75) is 26.9 Å². The summed E-state index contributed by atoms with van der Waals surface area (Å²) in [5, 5.41) is 5.99. The van der Waals surface area contributed by atoms with Crippen molar-refractivity contribution < 1.29 is 13.9 Å². The summed E-state index contributed by atoms with van der Waals surface area (Å²) >= 11 is 2.88. The van der Waals surface area contributed by atoms with Crippen LogP contribution in [0.5, 0.6) is 5.75 Å². The van der Waals surface area contributed by atoms with E-state index in [1.807, 2.05) is 19.2 Å². The fourth-order valence-corrected chi connectivity index (χ4v) is 3.56. The van der Waals surface area contributed by atoms with E-state index in [4.69, 9.17) is 4.74 Å². The molecule has 3 aromatic rings. The fraction of sp³-hybridized carbons (Fsp3) is 0.235. The van der Waals surface area contributed by atoms with Gasteiger partial charge in [-0.15, -0.1) is 22.7 Å². The van der Waals surface area contributed by atoms with Gasteiger partial charge in [-0.3, -0.25) is 4.79 Å². The van der Waals surface area contributed by atoms with Crippen molar-refractivity contribution in [3.63, 3.8) is 0 Å². The van der Waals surface area contributed by atoms with Crippen LogP contribution in [0.25, 0.3) is 0 Å². The van der Waals surface area contributed by atoms with E-state index in [9.17, 15) is 9.18 Å². The zero-order valence-corrected chi connectivity index (χ0v) is 15.3. The number of ether oxygens (including phenoxy) is 1. The van der Waals surface area contributed by atoms with E-state index < -0.39 is 0 Å². The molecule has 25 heavy (non-hydrogen) atoms. The Balaban J connectivity index is 1.52. The Bertz CT molecular complexity index is 855. The first-order valence-electron chi connectivity index (χ1n) is 7.55. The molecule has 0 fully saturated rings. The maximum Gasteiger partial charge on any atom is 0.232 e. The Hall–Kier alpha value is -2.32. The average Bonchev–Trinajstić information content (AvgIpc) is 3.13. The summed E-state index contributed by atoms with van der Waals surface area (Å²) in [6.45, 7) is 4.16. The second-order valence-electron chi connectivity index (χ2n) is 5.36. The van der Waals surface area contributed by atoms with Crippen LogP contribution in [0, 0.1) is 19.7 Å². The number of hydrogen-bond donors (Lipinski definition) is 1. The predicted molar refractivity (Wildman–Crippen MR) is 96.8 cm³/mol. The Kier molecular flexibility index (Phi) is 5.40. The van der Waals surface area contributed by atoms with Crippen molar-refractivity contribution >= 4 is 33.7 Å². The van der Waals surface area contributed by atoms with Gasteiger partial charge in [0.2, 0.25) is 5.91 Å². The van der Waals surface area contributed by atoms with Crippen LogP contribution < -0.4 is 10.1 Å². The second kappa shape index (κ2) is 7.71. The monoisotopic (exact) mass is 377 g/mol. The Morgan fingerprint density at radius 3 is 2.68 bits per heavy atom. The summed E-state index contributed by atoms with van der Waals surface area (Å²) in [6, 6.07) is 5.81. The molecule has 8 heteroatoms. The molecular formula is C17H16FN3O2S2. The summed E-state index contributed by atoms with van der Waals surface area (Å²) in [7, 11) is 0. The van der Waals surface area contributed by atoms with Gasteiger partial charge in [0.05, 0.1) is 17.8 Å².